The highest BCUT2D eigenvalue weighted by Crippen LogP contribution is 2.52. The topological polar surface area (TPSA) is 66.5 Å². The Morgan fingerprint density at radius 3 is 2.44 bits per heavy atom. The first-order valence-electron chi connectivity index (χ1n) is 11.2. The molecule has 1 saturated carbocycles. The number of amides is 1. The maximum atomic E-state index is 14.5. The monoisotopic (exact) mass is 498 g/mol. The van der Waals surface area contributed by atoms with Gasteiger partial charge in [-0.25, -0.2) is 30.7 Å². The van der Waals surface area contributed by atoms with Gasteiger partial charge in [0.2, 0.25) is 15.9 Å². The predicted octanol–water partition coefficient (Wildman–Crippen LogP) is 4.60. The van der Waals surface area contributed by atoms with Crippen LogP contribution in [-0.4, -0.2) is 44.6 Å². The molecule has 2 aromatic rings. The van der Waals surface area contributed by atoms with E-state index in [1.165, 1.54) is 18.2 Å². The molecule has 0 aromatic heterocycles. The van der Waals surface area contributed by atoms with Crippen molar-refractivity contribution in [3.8, 4) is 11.1 Å². The van der Waals surface area contributed by atoms with E-state index >= 15 is 0 Å². The van der Waals surface area contributed by atoms with E-state index in [0.717, 1.165) is 24.5 Å². The third kappa shape index (κ3) is 5.43. The van der Waals surface area contributed by atoms with Gasteiger partial charge in [-0.2, -0.15) is 0 Å². The molecule has 1 aliphatic carbocycles. The summed E-state index contributed by atoms with van der Waals surface area (Å²) < 4.78 is 81.4. The fourth-order valence-electron chi connectivity index (χ4n) is 4.79. The van der Waals surface area contributed by atoms with Crippen molar-refractivity contribution in [2.24, 2.45) is 5.92 Å². The van der Waals surface area contributed by atoms with Gasteiger partial charge >= 0.3 is 0 Å². The van der Waals surface area contributed by atoms with Crippen LogP contribution in [0.1, 0.15) is 49.2 Å². The third-order valence-electron chi connectivity index (χ3n) is 6.49. The van der Waals surface area contributed by atoms with Gasteiger partial charge in [-0.1, -0.05) is 18.2 Å². The largest absolute Gasteiger partial charge is 0.342 e. The summed E-state index contributed by atoms with van der Waals surface area (Å²) in [4.78, 5) is 14.9. The number of rotatable bonds is 6. The number of hydrogen-bond acceptors (Lipinski definition) is 3. The number of nitrogens with one attached hydrogen (secondary N) is 1. The normalized spacial score (nSPS) is 23.1. The molecule has 34 heavy (non-hydrogen) atoms. The minimum Gasteiger partial charge on any atom is -0.342 e. The van der Waals surface area contributed by atoms with Crippen LogP contribution < -0.4 is 4.72 Å². The van der Waals surface area contributed by atoms with E-state index < -0.39 is 34.0 Å². The number of alkyl halides is 2. The Kier molecular flexibility index (Phi) is 7.00. The molecule has 2 aliphatic rings. The lowest BCUT2D eigenvalue weighted by atomic mass is 9.93. The number of hydrogen-bond donors (Lipinski definition) is 1. The Morgan fingerprint density at radius 2 is 1.79 bits per heavy atom. The quantitative estimate of drug-likeness (QED) is 0.592. The second-order valence-corrected chi connectivity index (χ2v) is 10.8. The summed E-state index contributed by atoms with van der Waals surface area (Å²) in [5, 5.41) is 0. The molecule has 184 valence electrons. The molecular formula is C24H26F4N2O3S. The summed E-state index contributed by atoms with van der Waals surface area (Å²) in [7, 11) is -3.34. The van der Waals surface area contributed by atoms with E-state index in [9.17, 15) is 30.8 Å². The van der Waals surface area contributed by atoms with Crippen molar-refractivity contribution in [3.63, 3.8) is 0 Å². The van der Waals surface area contributed by atoms with Crippen molar-refractivity contribution in [2.45, 2.75) is 44.1 Å². The summed E-state index contributed by atoms with van der Waals surface area (Å²) in [6, 6.07) is 6.90. The number of benzene rings is 2. The van der Waals surface area contributed by atoms with E-state index in [0.29, 0.717) is 44.3 Å². The van der Waals surface area contributed by atoms with Crippen molar-refractivity contribution in [1.82, 2.24) is 9.62 Å². The van der Waals surface area contributed by atoms with Crippen molar-refractivity contribution in [3.05, 3.63) is 59.2 Å². The molecule has 1 saturated heterocycles. The van der Waals surface area contributed by atoms with Gasteiger partial charge in [-0.3, -0.25) is 4.79 Å². The molecule has 1 aliphatic heterocycles. The number of nitrogens with zero attached hydrogens (tertiary/aromatic N) is 1. The maximum Gasteiger partial charge on any atom is 0.263 e. The van der Waals surface area contributed by atoms with Crippen LogP contribution in [0.5, 0.6) is 0 Å². The molecule has 4 rings (SSSR count). The number of halogens is 4. The van der Waals surface area contributed by atoms with Crippen LogP contribution >= 0.6 is 0 Å². The Balaban J connectivity index is 1.55. The number of carbonyl (C=O) groups excluding carboxylic acids is 1. The van der Waals surface area contributed by atoms with Gasteiger partial charge in [0.1, 0.15) is 11.6 Å². The van der Waals surface area contributed by atoms with Crippen molar-refractivity contribution in [1.29, 1.82) is 0 Å². The van der Waals surface area contributed by atoms with Crippen LogP contribution in [-0.2, 0) is 14.8 Å². The number of carbonyl (C=O) groups is 1. The molecule has 2 aromatic carbocycles. The summed E-state index contributed by atoms with van der Waals surface area (Å²) in [6.45, 7) is 0.886. The molecule has 1 heterocycles. The highest BCUT2D eigenvalue weighted by molar-refractivity contribution is 7.88. The number of sulfonamides is 1. The highest BCUT2D eigenvalue weighted by Gasteiger charge is 2.47. The molecule has 0 spiro atoms. The van der Waals surface area contributed by atoms with Crippen LogP contribution in [0.3, 0.4) is 0 Å². The maximum absolute atomic E-state index is 14.5. The van der Waals surface area contributed by atoms with E-state index in [-0.39, 0.29) is 34.6 Å². The molecule has 3 atom stereocenters. The molecule has 5 nitrogen and oxygen atoms in total. The fourth-order valence-corrected chi connectivity index (χ4v) is 5.63. The second kappa shape index (κ2) is 9.65. The summed E-state index contributed by atoms with van der Waals surface area (Å²) >= 11 is 0. The highest BCUT2D eigenvalue weighted by atomic mass is 32.2. The van der Waals surface area contributed by atoms with Gasteiger partial charge in [-0.05, 0) is 60.9 Å². The average molecular weight is 499 g/mol. The minimum atomic E-state index is -3.34. The van der Waals surface area contributed by atoms with Crippen LogP contribution in [0.4, 0.5) is 17.6 Å². The van der Waals surface area contributed by atoms with Crippen molar-refractivity contribution < 1.29 is 30.8 Å². The van der Waals surface area contributed by atoms with Gasteiger partial charge in [0.15, 0.2) is 0 Å². The Bertz CT molecular complexity index is 1170. The van der Waals surface area contributed by atoms with Gasteiger partial charge in [0.25, 0.3) is 6.43 Å². The van der Waals surface area contributed by atoms with Gasteiger partial charge < -0.3 is 4.90 Å². The van der Waals surface area contributed by atoms with E-state index in [1.807, 2.05) is 0 Å². The first-order valence-corrected chi connectivity index (χ1v) is 13.1. The molecular weight excluding hydrogens is 472 g/mol. The minimum absolute atomic E-state index is 0.0435. The lowest BCUT2D eigenvalue weighted by Crippen LogP contribution is -2.36. The van der Waals surface area contributed by atoms with E-state index in [2.05, 4.69) is 4.72 Å². The average Bonchev–Trinajstić information content (AvgIpc) is 3.56. The Labute approximate surface area is 196 Å². The van der Waals surface area contributed by atoms with Gasteiger partial charge in [0.05, 0.1) is 11.8 Å². The molecule has 1 amide bonds. The van der Waals surface area contributed by atoms with Crippen LogP contribution in [0.25, 0.3) is 11.1 Å². The lowest BCUT2D eigenvalue weighted by molar-refractivity contribution is -0.132. The molecule has 2 fully saturated rings. The molecule has 0 bridgehead atoms. The van der Waals surface area contributed by atoms with E-state index in [4.69, 9.17) is 0 Å². The van der Waals surface area contributed by atoms with Crippen LogP contribution in [0.2, 0.25) is 0 Å². The smallest absolute Gasteiger partial charge is 0.263 e. The second-order valence-electron chi connectivity index (χ2n) is 9.04. The van der Waals surface area contributed by atoms with Crippen LogP contribution in [0.15, 0.2) is 36.4 Å². The van der Waals surface area contributed by atoms with Crippen LogP contribution in [0, 0.1) is 17.6 Å². The Morgan fingerprint density at radius 1 is 1.09 bits per heavy atom. The molecule has 10 heteroatoms. The predicted molar refractivity (Wildman–Crippen MR) is 120 cm³/mol. The SMILES string of the molecule is CS(=O)(=O)NC1CCCN(C(=O)C2CC2c2ccc(C(F)F)cc2-c2c(F)cccc2F)CC1. The first kappa shape index (κ1) is 24.7. The molecule has 3 unspecified atom stereocenters. The standard InChI is InChI=1S/C24H26F4N2O3S/c1-34(32,33)29-15-4-3-10-30(11-9-15)24(31)19-13-17(19)16-8-7-14(23(27)28)12-18(16)22-20(25)5-2-6-21(22)26/h2,5-8,12,15,17,19,23,29H,3-4,9-11,13H2,1H3. The zero-order valence-corrected chi connectivity index (χ0v) is 19.4. The van der Waals surface area contributed by atoms with Gasteiger partial charge in [-0.15, -0.1) is 0 Å². The first-order chi connectivity index (χ1) is 16.0. The van der Waals surface area contributed by atoms with Gasteiger partial charge in [0, 0.05) is 30.6 Å². The summed E-state index contributed by atoms with van der Waals surface area (Å²) in [5.74, 6) is -2.56. The lowest BCUT2D eigenvalue weighted by Gasteiger charge is -2.21. The zero-order chi connectivity index (χ0) is 24.6. The summed E-state index contributed by atoms with van der Waals surface area (Å²) in [5.41, 5.74) is -0.204. The third-order valence-corrected chi connectivity index (χ3v) is 7.25. The molecule has 1 N–H and O–H groups in total. The summed E-state index contributed by atoms with van der Waals surface area (Å²) in [6.07, 6.45) is 0.514. The van der Waals surface area contributed by atoms with E-state index in [1.54, 1.807) is 4.90 Å². The Hall–Kier alpha value is -2.46. The zero-order valence-electron chi connectivity index (χ0n) is 18.6. The van der Waals surface area contributed by atoms with Crippen molar-refractivity contribution in [2.75, 3.05) is 19.3 Å². The van der Waals surface area contributed by atoms with Crippen molar-refractivity contribution >= 4 is 15.9 Å². The molecule has 0 radical (unpaired) electrons. The fraction of sp³-hybridized carbons (Fsp3) is 0.458. The number of likely N-dealkylation sites (tertiary alicyclic amines) is 1.